The van der Waals surface area contributed by atoms with Gasteiger partial charge < -0.3 is 10.2 Å². The SMILES string of the molecule is Cc1cc(N)c(C(=O)Nc2nc(C)co2)cn1. The predicted octanol–water partition coefficient (Wildman–Crippen LogP) is 1.52. The molecule has 1 amide bonds. The van der Waals surface area contributed by atoms with Gasteiger partial charge in [-0.2, -0.15) is 4.98 Å². The lowest BCUT2D eigenvalue weighted by atomic mass is 10.2. The smallest absolute Gasteiger partial charge is 0.301 e. The van der Waals surface area contributed by atoms with Crippen LogP contribution in [0.3, 0.4) is 0 Å². The molecule has 0 saturated heterocycles. The van der Waals surface area contributed by atoms with Crippen LogP contribution < -0.4 is 11.1 Å². The van der Waals surface area contributed by atoms with E-state index in [2.05, 4.69) is 15.3 Å². The highest BCUT2D eigenvalue weighted by Gasteiger charge is 2.13. The number of hydrogen-bond acceptors (Lipinski definition) is 5. The third-order valence-electron chi connectivity index (χ3n) is 2.16. The third kappa shape index (κ3) is 2.41. The summed E-state index contributed by atoms with van der Waals surface area (Å²) in [5.41, 5.74) is 7.85. The molecule has 6 heteroatoms. The molecule has 0 aromatic carbocycles. The van der Waals surface area contributed by atoms with E-state index in [0.29, 0.717) is 16.9 Å². The van der Waals surface area contributed by atoms with Crippen molar-refractivity contribution in [2.45, 2.75) is 13.8 Å². The first-order chi connectivity index (χ1) is 8.06. The van der Waals surface area contributed by atoms with Crippen LogP contribution in [0.4, 0.5) is 11.7 Å². The number of oxazole rings is 1. The maximum absolute atomic E-state index is 11.8. The zero-order valence-corrected chi connectivity index (χ0v) is 9.52. The molecule has 0 saturated carbocycles. The summed E-state index contributed by atoms with van der Waals surface area (Å²) in [7, 11) is 0. The fourth-order valence-corrected chi connectivity index (χ4v) is 1.35. The van der Waals surface area contributed by atoms with Gasteiger partial charge >= 0.3 is 6.01 Å². The van der Waals surface area contributed by atoms with Crippen molar-refractivity contribution >= 4 is 17.6 Å². The number of aromatic nitrogens is 2. The second kappa shape index (κ2) is 4.25. The van der Waals surface area contributed by atoms with Crippen LogP contribution in [-0.2, 0) is 0 Å². The second-order valence-corrected chi connectivity index (χ2v) is 3.66. The molecule has 0 radical (unpaired) electrons. The van der Waals surface area contributed by atoms with Crippen molar-refractivity contribution in [3.05, 3.63) is 35.5 Å². The predicted molar refractivity (Wildman–Crippen MR) is 62.6 cm³/mol. The van der Waals surface area contributed by atoms with E-state index in [-0.39, 0.29) is 6.01 Å². The number of rotatable bonds is 2. The van der Waals surface area contributed by atoms with Crippen molar-refractivity contribution in [1.82, 2.24) is 9.97 Å². The first-order valence-corrected chi connectivity index (χ1v) is 5.02. The van der Waals surface area contributed by atoms with Gasteiger partial charge in [-0.25, -0.2) is 0 Å². The monoisotopic (exact) mass is 232 g/mol. The first kappa shape index (κ1) is 11.1. The lowest BCUT2D eigenvalue weighted by Gasteiger charge is -2.04. The Kier molecular flexibility index (Phi) is 2.78. The fraction of sp³-hybridized carbons (Fsp3) is 0.182. The Morgan fingerprint density at radius 3 is 2.76 bits per heavy atom. The lowest BCUT2D eigenvalue weighted by molar-refractivity contribution is 0.102. The van der Waals surface area contributed by atoms with E-state index in [1.165, 1.54) is 12.5 Å². The van der Waals surface area contributed by atoms with Gasteiger partial charge in [0.1, 0.15) is 6.26 Å². The minimum absolute atomic E-state index is 0.146. The summed E-state index contributed by atoms with van der Waals surface area (Å²) >= 11 is 0. The molecule has 0 aliphatic heterocycles. The molecule has 2 aromatic heterocycles. The number of hydrogen-bond donors (Lipinski definition) is 2. The van der Waals surface area contributed by atoms with Gasteiger partial charge in [-0.3, -0.25) is 15.1 Å². The minimum atomic E-state index is -0.392. The van der Waals surface area contributed by atoms with Gasteiger partial charge in [0.15, 0.2) is 0 Å². The molecule has 0 aliphatic rings. The van der Waals surface area contributed by atoms with Gasteiger partial charge in [0.05, 0.1) is 11.3 Å². The number of nitrogens with one attached hydrogen (secondary N) is 1. The summed E-state index contributed by atoms with van der Waals surface area (Å²) in [5, 5.41) is 2.50. The molecular formula is C11H12N4O2. The van der Waals surface area contributed by atoms with Crippen LogP contribution in [0.1, 0.15) is 21.7 Å². The molecule has 0 atom stereocenters. The van der Waals surface area contributed by atoms with Crippen molar-refractivity contribution < 1.29 is 9.21 Å². The van der Waals surface area contributed by atoms with E-state index in [1.807, 2.05) is 0 Å². The molecule has 2 rings (SSSR count). The molecule has 3 N–H and O–H groups in total. The van der Waals surface area contributed by atoms with Crippen LogP contribution in [0.2, 0.25) is 0 Å². The van der Waals surface area contributed by atoms with E-state index in [9.17, 15) is 4.79 Å². The Bertz CT molecular complexity index is 562. The summed E-state index contributed by atoms with van der Waals surface area (Å²) in [6, 6.07) is 1.78. The Morgan fingerprint density at radius 2 is 2.18 bits per heavy atom. The molecule has 0 aliphatic carbocycles. The molecule has 0 bridgehead atoms. The minimum Gasteiger partial charge on any atom is -0.432 e. The number of nitrogens with zero attached hydrogens (tertiary/aromatic N) is 2. The number of amides is 1. The highest BCUT2D eigenvalue weighted by Crippen LogP contribution is 2.14. The Balaban J connectivity index is 2.20. The van der Waals surface area contributed by atoms with Gasteiger partial charge in [0, 0.05) is 17.6 Å². The zero-order valence-electron chi connectivity index (χ0n) is 9.52. The van der Waals surface area contributed by atoms with Gasteiger partial charge in [0.25, 0.3) is 5.91 Å². The maximum Gasteiger partial charge on any atom is 0.301 e. The highest BCUT2D eigenvalue weighted by molar-refractivity contribution is 6.06. The number of nitrogens with two attached hydrogens (primary N) is 1. The normalized spacial score (nSPS) is 10.2. The summed E-state index contributed by atoms with van der Waals surface area (Å²) in [5.74, 6) is -0.392. The summed E-state index contributed by atoms with van der Waals surface area (Å²) in [6.07, 6.45) is 2.88. The highest BCUT2D eigenvalue weighted by atomic mass is 16.4. The zero-order chi connectivity index (χ0) is 12.4. The topological polar surface area (TPSA) is 94.0 Å². The summed E-state index contributed by atoms with van der Waals surface area (Å²) < 4.78 is 5.02. The van der Waals surface area contributed by atoms with Crippen LogP contribution in [0.25, 0.3) is 0 Å². The van der Waals surface area contributed by atoms with E-state index in [1.54, 1.807) is 19.9 Å². The lowest BCUT2D eigenvalue weighted by Crippen LogP contribution is -2.14. The number of aryl methyl sites for hydroxylation is 2. The number of nitrogen functional groups attached to an aromatic ring is 1. The molecule has 6 nitrogen and oxygen atoms in total. The first-order valence-electron chi connectivity index (χ1n) is 5.02. The van der Waals surface area contributed by atoms with Crippen LogP contribution in [-0.4, -0.2) is 15.9 Å². The molecule has 0 fully saturated rings. The second-order valence-electron chi connectivity index (χ2n) is 3.66. The van der Waals surface area contributed by atoms with Gasteiger partial charge in [-0.05, 0) is 19.9 Å². The number of carbonyl (C=O) groups is 1. The standard InChI is InChI=1S/C11H12N4O2/c1-6-3-9(12)8(4-13-6)10(16)15-11-14-7(2)5-17-11/h3-5H,1-2H3,(H2,12,13)(H,14,15,16). The van der Waals surface area contributed by atoms with Gasteiger partial charge in [-0.1, -0.05) is 0 Å². The van der Waals surface area contributed by atoms with Crippen molar-refractivity contribution in [2.75, 3.05) is 11.1 Å². The number of carbonyl (C=O) groups excluding carboxylic acids is 1. The van der Waals surface area contributed by atoms with Crippen LogP contribution in [0.5, 0.6) is 0 Å². The van der Waals surface area contributed by atoms with E-state index in [0.717, 1.165) is 5.69 Å². The summed E-state index contributed by atoms with van der Waals surface area (Å²) in [6.45, 7) is 3.57. The Hall–Kier alpha value is -2.37. The molecule has 0 unspecified atom stereocenters. The molecule has 2 aromatic rings. The van der Waals surface area contributed by atoms with Crippen molar-refractivity contribution in [3.8, 4) is 0 Å². The molecule has 2 heterocycles. The number of anilines is 2. The Morgan fingerprint density at radius 1 is 1.41 bits per heavy atom. The molecule has 0 spiro atoms. The quantitative estimate of drug-likeness (QED) is 0.818. The van der Waals surface area contributed by atoms with E-state index in [4.69, 9.17) is 10.2 Å². The van der Waals surface area contributed by atoms with Crippen LogP contribution >= 0.6 is 0 Å². The van der Waals surface area contributed by atoms with Crippen LogP contribution in [0.15, 0.2) is 22.9 Å². The largest absolute Gasteiger partial charge is 0.432 e. The van der Waals surface area contributed by atoms with Crippen molar-refractivity contribution in [2.24, 2.45) is 0 Å². The maximum atomic E-state index is 11.8. The third-order valence-corrected chi connectivity index (χ3v) is 2.16. The summed E-state index contributed by atoms with van der Waals surface area (Å²) in [4.78, 5) is 19.8. The van der Waals surface area contributed by atoms with Gasteiger partial charge in [0.2, 0.25) is 0 Å². The molecular weight excluding hydrogens is 220 g/mol. The fourth-order valence-electron chi connectivity index (χ4n) is 1.35. The Labute approximate surface area is 97.9 Å². The average molecular weight is 232 g/mol. The van der Waals surface area contributed by atoms with Gasteiger partial charge in [-0.15, -0.1) is 0 Å². The molecule has 88 valence electrons. The molecule has 17 heavy (non-hydrogen) atoms. The average Bonchev–Trinajstić information content (AvgIpc) is 2.63. The number of pyridine rings is 1. The van der Waals surface area contributed by atoms with Crippen LogP contribution in [0, 0.1) is 13.8 Å². The van der Waals surface area contributed by atoms with Crippen molar-refractivity contribution in [3.63, 3.8) is 0 Å². The van der Waals surface area contributed by atoms with Crippen molar-refractivity contribution in [1.29, 1.82) is 0 Å². The van der Waals surface area contributed by atoms with E-state index < -0.39 is 5.91 Å². The van der Waals surface area contributed by atoms with E-state index >= 15 is 0 Å².